The van der Waals surface area contributed by atoms with Gasteiger partial charge in [-0.1, -0.05) is 6.92 Å². The van der Waals surface area contributed by atoms with Gasteiger partial charge in [-0.3, -0.25) is 0 Å². The average Bonchev–Trinajstić information content (AvgIpc) is 2.28. The Bertz CT molecular complexity index is 140. The summed E-state index contributed by atoms with van der Waals surface area (Å²) in [5.74, 6) is 0. The van der Waals surface area contributed by atoms with Crippen LogP contribution in [0.2, 0.25) is 0 Å². The van der Waals surface area contributed by atoms with Crippen molar-refractivity contribution in [3.8, 4) is 0 Å². The lowest BCUT2D eigenvalue weighted by Crippen LogP contribution is -2.38. The average molecular weight is 172 g/mol. The molecule has 0 radical (unpaired) electrons. The lowest BCUT2D eigenvalue weighted by molar-refractivity contribution is 0.0344. The maximum Gasteiger partial charge on any atom is 0.0782 e. The van der Waals surface area contributed by atoms with Crippen LogP contribution in [0, 0.1) is 0 Å². The van der Waals surface area contributed by atoms with Crippen molar-refractivity contribution in [3.05, 3.63) is 0 Å². The molecular weight excluding hydrogens is 152 g/mol. The molecular formula is C9H20N2O. The molecule has 0 spiro atoms. The van der Waals surface area contributed by atoms with Crippen LogP contribution in [0.1, 0.15) is 26.2 Å². The molecule has 1 heterocycles. The summed E-state index contributed by atoms with van der Waals surface area (Å²) in [6.45, 7) is 5.75. The molecule has 3 heteroatoms. The van der Waals surface area contributed by atoms with Crippen LogP contribution >= 0.6 is 0 Å². The molecule has 1 rings (SSSR count). The van der Waals surface area contributed by atoms with Crippen LogP contribution in [0.25, 0.3) is 0 Å². The fraction of sp³-hybridized carbons (Fsp3) is 1.00. The molecule has 72 valence electrons. The minimum atomic E-state index is -0.579. The Labute approximate surface area is 74.5 Å². The minimum Gasteiger partial charge on any atom is -0.389 e. The third kappa shape index (κ3) is 2.44. The summed E-state index contributed by atoms with van der Waals surface area (Å²) in [6.07, 6.45) is 2.76. The monoisotopic (exact) mass is 172 g/mol. The van der Waals surface area contributed by atoms with Crippen molar-refractivity contribution in [1.82, 2.24) is 4.90 Å². The number of aliphatic hydroxyl groups is 1. The van der Waals surface area contributed by atoms with Gasteiger partial charge in [-0.25, -0.2) is 0 Å². The maximum atomic E-state index is 9.92. The summed E-state index contributed by atoms with van der Waals surface area (Å²) in [4.78, 5) is 2.37. The van der Waals surface area contributed by atoms with E-state index in [-0.39, 0.29) is 0 Å². The highest BCUT2D eigenvalue weighted by atomic mass is 16.3. The fourth-order valence-corrected chi connectivity index (χ4v) is 1.76. The predicted octanol–water partition coefficient (Wildman–Crippen LogP) is 0.182. The number of nitrogens with two attached hydrogens (primary N) is 1. The number of likely N-dealkylation sites (tertiary alicyclic amines) is 1. The second-order valence-electron chi connectivity index (χ2n) is 3.72. The van der Waals surface area contributed by atoms with Gasteiger partial charge in [-0.2, -0.15) is 0 Å². The Morgan fingerprint density at radius 2 is 2.17 bits per heavy atom. The van der Waals surface area contributed by atoms with E-state index < -0.39 is 5.60 Å². The van der Waals surface area contributed by atoms with Crippen molar-refractivity contribution in [2.24, 2.45) is 5.73 Å². The maximum absolute atomic E-state index is 9.92. The summed E-state index contributed by atoms with van der Waals surface area (Å²) < 4.78 is 0. The van der Waals surface area contributed by atoms with E-state index in [9.17, 15) is 5.11 Å². The third-order valence-electron chi connectivity index (χ3n) is 2.84. The second-order valence-corrected chi connectivity index (χ2v) is 3.72. The Morgan fingerprint density at radius 1 is 1.42 bits per heavy atom. The van der Waals surface area contributed by atoms with Crippen LogP contribution < -0.4 is 5.73 Å². The Balaban J connectivity index is 2.44. The Morgan fingerprint density at radius 3 is 2.75 bits per heavy atom. The van der Waals surface area contributed by atoms with Gasteiger partial charge in [0.2, 0.25) is 0 Å². The first-order chi connectivity index (χ1) is 5.70. The van der Waals surface area contributed by atoms with E-state index in [1.807, 2.05) is 0 Å². The van der Waals surface area contributed by atoms with Crippen LogP contribution in [-0.2, 0) is 0 Å². The Hall–Kier alpha value is -0.120. The van der Waals surface area contributed by atoms with Crippen molar-refractivity contribution >= 4 is 0 Å². The zero-order valence-electron chi connectivity index (χ0n) is 7.92. The minimum absolute atomic E-state index is 0.407. The van der Waals surface area contributed by atoms with Crippen LogP contribution in [0.5, 0.6) is 0 Å². The van der Waals surface area contributed by atoms with Gasteiger partial charge in [0.15, 0.2) is 0 Å². The first-order valence-electron chi connectivity index (χ1n) is 4.85. The number of hydrogen-bond donors (Lipinski definition) is 2. The first kappa shape index (κ1) is 9.96. The van der Waals surface area contributed by atoms with Crippen molar-refractivity contribution in [2.45, 2.75) is 31.8 Å². The SMILES string of the molecule is CCN1CCCC(O)(CN)CC1. The van der Waals surface area contributed by atoms with Crippen molar-refractivity contribution < 1.29 is 5.11 Å². The molecule has 1 saturated heterocycles. The Kier molecular flexibility index (Phi) is 3.50. The lowest BCUT2D eigenvalue weighted by Gasteiger charge is -2.24. The molecule has 1 fully saturated rings. The van der Waals surface area contributed by atoms with E-state index in [1.165, 1.54) is 0 Å². The van der Waals surface area contributed by atoms with Gasteiger partial charge in [-0.05, 0) is 32.4 Å². The van der Waals surface area contributed by atoms with E-state index in [0.29, 0.717) is 6.54 Å². The molecule has 1 unspecified atom stereocenters. The van der Waals surface area contributed by atoms with Gasteiger partial charge >= 0.3 is 0 Å². The van der Waals surface area contributed by atoms with E-state index in [2.05, 4.69) is 11.8 Å². The summed E-state index contributed by atoms with van der Waals surface area (Å²) in [6, 6.07) is 0. The van der Waals surface area contributed by atoms with Gasteiger partial charge in [0, 0.05) is 13.1 Å². The molecule has 0 bridgehead atoms. The van der Waals surface area contributed by atoms with E-state index in [4.69, 9.17) is 5.73 Å². The van der Waals surface area contributed by atoms with Crippen molar-refractivity contribution in [2.75, 3.05) is 26.2 Å². The second kappa shape index (κ2) is 4.21. The first-order valence-corrected chi connectivity index (χ1v) is 4.85. The number of nitrogens with zero attached hydrogens (tertiary/aromatic N) is 1. The molecule has 12 heavy (non-hydrogen) atoms. The topological polar surface area (TPSA) is 49.5 Å². The van der Waals surface area contributed by atoms with Gasteiger partial charge in [0.25, 0.3) is 0 Å². The van der Waals surface area contributed by atoms with Crippen LogP contribution in [0.15, 0.2) is 0 Å². The molecule has 3 N–H and O–H groups in total. The molecule has 1 aliphatic rings. The highest BCUT2D eigenvalue weighted by Crippen LogP contribution is 2.20. The largest absolute Gasteiger partial charge is 0.389 e. The molecule has 0 aromatic rings. The highest BCUT2D eigenvalue weighted by Gasteiger charge is 2.27. The molecule has 1 atom stereocenters. The van der Waals surface area contributed by atoms with Gasteiger partial charge in [0.1, 0.15) is 0 Å². The van der Waals surface area contributed by atoms with E-state index in [0.717, 1.165) is 38.9 Å². The standard InChI is InChI=1S/C9H20N2O/c1-2-11-6-3-4-9(12,8-10)5-7-11/h12H,2-8,10H2,1H3. The molecule has 3 nitrogen and oxygen atoms in total. The number of hydrogen-bond acceptors (Lipinski definition) is 3. The van der Waals surface area contributed by atoms with Crippen LogP contribution in [0.4, 0.5) is 0 Å². The van der Waals surface area contributed by atoms with Crippen LogP contribution in [0.3, 0.4) is 0 Å². The predicted molar refractivity (Wildman–Crippen MR) is 50.0 cm³/mol. The van der Waals surface area contributed by atoms with Crippen LogP contribution in [-0.4, -0.2) is 41.8 Å². The molecule has 0 amide bonds. The molecule has 0 saturated carbocycles. The summed E-state index contributed by atoms with van der Waals surface area (Å²) in [5, 5.41) is 9.92. The van der Waals surface area contributed by atoms with E-state index >= 15 is 0 Å². The number of rotatable bonds is 2. The molecule has 0 aliphatic carbocycles. The van der Waals surface area contributed by atoms with Gasteiger partial charge < -0.3 is 15.7 Å². The molecule has 0 aromatic carbocycles. The zero-order valence-corrected chi connectivity index (χ0v) is 7.92. The van der Waals surface area contributed by atoms with Crippen molar-refractivity contribution in [3.63, 3.8) is 0 Å². The van der Waals surface area contributed by atoms with Gasteiger partial charge in [0.05, 0.1) is 5.60 Å². The fourth-order valence-electron chi connectivity index (χ4n) is 1.76. The smallest absolute Gasteiger partial charge is 0.0782 e. The quantitative estimate of drug-likeness (QED) is 0.625. The normalized spacial score (nSPS) is 33.2. The van der Waals surface area contributed by atoms with Gasteiger partial charge in [-0.15, -0.1) is 0 Å². The highest BCUT2D eigenvalue weighted by molar-refractivity contribution is 4.83. The van der Waals surface area contributed by atoms with E-state index in [1.54, 1.807) is 0 Å². The summed E-state index contributed by atoms with van der Waals surface area (Å²) >= 11 is 0. The molecule has 0 aromatic heterocycles. The molecule has 1 aliphatic heterocycles. The third-order valence-corrected chi connectivity index (χ3v) is 2.84. The zero-order chi connectivity index (χ0) is 9.03. The summed E-state index contributed by atoms with van der Waals surface area (Å²) in [5.41, 5.74) is 4.95. The summed E-state index contributed by atoms with van der Waals surface area (Å²) in [7, 11) is 0. The lowest BCUT2D eigenvalue weighted by atomic mass is 9.95. The van der Waals surface area contributed by atoms with Crippen molar-refractivity contribution in [1.29, 1.82) is 0 Å².